The van der Waals surface area contributed by atoms with Crippen LogP contribution in [0.3, 0.4) is 0 Å². The lowest BCUT2D eigenvalue weighted by molar-refractivity contribution is -0.679. The second kappa shape index (κ2) is 4.09. The van der Waals surface area contributed by atoms with Crippen molar-refractivity contribution >= 4 is 11.1 Å². The molecule has 0 spiro atoms. The quantitative estimate of drug-likeness (QED) is 0.489. The zero-order chi connectivity index (χ0) is 8.55. The molecule has 2 aromatic rings. The number of halogens is 1. The highest BCUT2D eigenvalue weighted by Crippen LogP contribution is 2.11. The van der Waals surface area contributed by atoms with Crippen LogP contribution in [0.25, 0.3) is 11.1 Å². The first kappa shape index (κ1) is 10.5. The fourth-order valence-electron chi connectivity index (χ4n) is 1.54. The van der Waals surface area contributed by atoms with Gasteiger partial charge in [0.1, 0.15) is 6.54 Å². The Hall–Kier alpha value is -0.580. The number of fused-ring (bicyclic) bond motifs is 1. The third-order valence-corrected chi connectivity index (χ3v) is 2.11. The average molecular weight is 289 g/mol. The fourth-order valence-corrected chi connectivity index (χ4v) is 1.54. The van der Waals surface area contributed by atoms with Gasteiger partial charge >= 0.3 is 5.89 Å². The molecule has 0 amide bonds. The number of para-hydroxylation sites is 2. The highest BCUT2D eigenvalue weighted by molar-refractivity contribution is 5.68. The molecule has 13 heavy (non-hydrogen) atoms. The van der Waals surface area contributed by atoms with Gasteiger partial charge in [-0.3, -0.25) is 0 Å². The molecule has 0 aliphatic rings. The van der Waals surface area contributed by atoms with E-state index in [-0.39, 0.29) is 24.0 Å². The molecule has 2 nitrogen and oxygen atoms in total. The monoisotopic (exact) mass is 289 g/mol. The van der Waals surface area contributed by atoms with Crippen LogP contribution in [-0.2, 0) is 6.54 Å². The Morgan fingerprint density at radius 1 is 1.31 bits per heavy atom. The number of oxazole rings is 1. The van der Waals surface area contributed by atoms with Crippen molar-refractivity contribution in [1.29, 1.82) is 0 Å². The van der Waals surface area contributed by atoms with Gasteiger partial charge in [-0.05, 0) is 13.0 Å². The highest BCUT2D eigenvalue weighted by atomic mass is 127. The summed E-state index contributed by atoms with van der Waals surface area (Å²) in [5.41, 5.74) is 2.15. The van der Waals surface area contributed by atoms with Gasteiger partial charge in [0.15, 0.2) is 0 Å². The standard InChI is InChI=1S/C10H12NO.HI/c1-3-11-8(2)12-10-7-5-4-6-9(10)11;/h4-7H,3H2,1-2H3;1H/q+1;/p-1. The smallest absolute Gasteiger partial charge is 0.344 e. The van der Waals surface area contributed by atoms with Crippen LogP contribution in [0.1, 0.15) is 12.8 Å². The number of hydrogen-bond acceptors (Lipinski definition) is 1. The lowest BCUT2D eigenvalue weighted by Gasteiger charge is -1.85. The average Bonchev–Trinajstić information content (AvgIpc) is 2.40. The normalized spacial score (nSPS) is 10.0. The highest BCUT2D eigenvalue weighted by Gasteiger charge is 2.15. The number of aryl methyl sites for hydroxylation is 2. The molecule has 3 heteroatoms. The number of rotatable bonds is 1. The molecule has 0 N–H and O–H groups in total. The van der Waals surface area contributed by atoms with E-state index >= 15 is 0 Å². The van der Waals surface area contributed by atoms with Crippen molar-refractivity contribution in [3.63, 3.8) is 0 Å². The minimum absolute atomic E-state index is 0. The molecule has 0 fully saturated rings. The van der Waals surface area contributed by atoms with Crippen molar-refractivity contribution < 1.29 is 33.0 Å². The lowest BCUT2D eigenvalue weighted by atomic mass is 10.3. The summed E-state index contributed by atoms with van der Waals surface area (Å²) in [6, 6.07) is 8.10. The summed E-state index contributed by atoms with van der Waals surface area (Å²) in [4.78, 5) is 0. The van der Waals surface area contributed by atoms with E-state index in [0.29, 0.717) is 0 Å². The minimum atomic E-state index is 0. The minimum Gasteiger partial charge on any atom is -1.00 e. The molecule has 0 atom stereocenters. The Morgan fingerprint density at radius 2 is 2.00 bits per heavy atom. The maximum atomic E-state index is 5.55. The van der Waals surface area contributed by atoms with Crippen molar-refractivity contribution in [3.05, 3.63) is 30.2 Å². The maximum absolute atomic E-state index is 5.55. The predicted octanol–water partition coefficient (Wildman–Crippen LogP) is -0.947. The van der Waals surface area contributed by atoms with Gasteiger partial charge in [0.25, 0.3) is 5.52 Å². The zero-order valence-corrected chi connectivity index (χ0v) is 9.91. The van der Waals surface area contributed by atoms with E-state index in [1.54, 1.807) is 0 Å². The predicted molar refractivity (Wildman–Crippen MR) is 46.8 cm³/mol. The van der Waals surface area contributed by atoms with E-state index in [1.807, 2.05) is 25.1 Å². The van der Waals surface area contributed by atoms with Gasteiger partial charge in [0.2, 0.25) is 5.58 Å². The van der Waals surface area contributed by atoms with Gasteiger partial charge in [0.05, 0.1) is 6.92 Å². The Kier molecular flexibility index (Phi) is 3.30. The van der Waals surface area contributed by atoms with Crippen molar-refractivity contribution in [2.45, 2.75) is 20.4 Å². The van der Waals surface area contributed by atoms with Crippen LogP contribution in [0, 0.1) is 6.92 Å². The zero-order valence-electron chi connectivity index (χ0n) is 7.75. The molecule has 1 aromatic carbocycles. The summed E-state index contributed by atoms with van der Waals surface area (Å²) < 4.78 is 7.71. The summed E-state index contributed by atoms with van der Waals surface area (Å²) in [7, 11) is 0. The van der Waals surface area contributed by atoms with Gasteiger partial charge in [-0.2, -0.15) is 4.57 Å². The van der Waals surface area contributed by atoms with Gasteiger partial charge in [-0.1, -0.05) is 12.1 Å². The Bertz CT molecular complexity index is 408. The summed E-state index contributed by atoms with van der Waals surface area (Å²) in [6.45, 7) is 5.07. The Labute approximate surface area is 94.6 Å². The molecule has 0 saturated carbocycles. The molecule has 1 heterocycles. The fraction of sp³-hybridized carbons (Fsp3) is 0.300. The van der Waals surface area contributed by atoms with E-state index in [4.69, 9.17) is 4.42 Å². The molecule has 0 saturated heterocycles. The maximum Gasteiger partial charge on any atom is 0.344 e. The van der Waals surface area contributed by atoms with Crippen LogP contribution in [0.15, 0.2) is 28.7 Å². The molecule has 2 rings (SSSR count). The van der Waals surface area contributed by atoms with E-state index in [9.17, 15) is 0 Å². The third kappa shape index (κ3) is 1.70. The third-order valence-electron chi connectivity index (χ3n) is 2.11. The van der Waals surface area contributed by atoms with E-state index in [0.717, 1.165) is 18.0 Å². The molecule has 0 aliphatic carbocycles. The Morgan fingerprint density at radius 3 is 2.69 bits per heavy atom. The summed E-state index contributed by atoms with van der Waals surface area (Å²) in [6.07, 6.45) is 0. The number of hydrogen-bond donors (Lipinski definition) is 0. The van der Waals surface area contributed by atoms with Crippen LogP contribution in [0.2, 0.25) is 0 Å². The molecular weight excluding hydrogens is 277 g/mol. The first-order chi connectivity index (χ1) is 5.83. The van der Waals surface area contributed by atoms with Crippen LogP contribution in [0.5, 0.6) is 0 Å². The van der Waals surface area contributed by atoms with E-state index in [1.165, 1.54) is 5.52 Å². The molecule has 0 bridgehead atoms. The van der Waals surface area contributed by atoms with Crippen LogP contribution >= 0.6 is 0 Å². The topological polar surface area (TPSA) is 17.0 Å². The lowest BCUT2D eigenvalue weighted by Crippen LogP contribution is -3.00. The second-order valence-corrected chi connectivity index (χ2v) is 2.83. The molecule has 70 valence electrons. The molecule has 0 aliphatic heterocycles. The van der Waals surface area contributed by atoms with Gasteiger partial charge in [0, 0.05) is 6.07 Å². The van der Waals surface area contributed by atoms with Crippen molar-refractivity contribution in [1.82, 2.24) is 0 Å². The molecular formula is C10H12INO. The first-order valence-corrected chi connectivity index (χ1v) is 4.21. The van der Waals surface area contributed by atoms with Crippen LogP contribution in [-0.4, -0.2) is 0 Å². The largest absolute Gasteiger partial charge is 1.00 e. The summed E-state index contributed by atoms with van der Waals surface area (Å²) >= 11 is 0. The SMILES string of the molecule is CC[n+]1c(C)oc2ccccc21.[I-]. The van der Waals surface area contributed by atoms with Crippen molar-refractivity contribution in [2.24, 2.45) is 0 Å². The second-order valence-electron chi connectivity index (χ2n) is 2.83. The first-order valence-electron chi connectivity index (χ1n) is 4.21. The molecule has 0 unspecified atom stereocenters. The molecule has 1 aromatic heterocycles. The summed E-state index contributed by atoms with van der Waals surface area (Å²) in [5, 5.41) is 0. The summed E-state index contributed by atoms with van der Waals surface area (Å²) in [5.74, 6) is 0.971. The van der Waals surface area contributed by atoms with E-state index < -0.39 is 0 Å². The number of nitrogens with zero attached hydrogens (tertiary/aromatic N) is 1. The van der Waals surface area contributed by atoms with Gasteiger partial charge in [-0.15, -0.1) is 0 Å². The molecule has 0 radical (unpaired) electrons. The number of benzene rings is 1. The number of aromatic nitrogens is 1. The van der Waals surface area contributed by atoms with Crippen LogP contribution < -0.4 is 28.5 Å². The Balaban J connectivity index is 0.000000845. The van der Waals surface area contributed by atoms with Crippen molar-refractivity contribution in [2.75, 3.05) is 0 Å². The van der Waals surface area contributed by atoms with Gasteiger partial charge < -0.3 is 28.4 Å². The van der Waals surface area contributed by atoms with Gasteiger partial charge in [-0.25, -0.2) is 0 Å². The van der Waals surface area contributed by atoms with Crippen LogP contribution in [0.4, 0.5) is 0 Å². The van der Waals surface area contributed by atoms with Crippen molar-refractivity contribution in [3.8, 4) is 0 Å². The van der Waals surface area contributed by atoms with E-state index in [2.05, 4.69) is 17.6 Å².